The first-order chi connectivity index (χ1) is 13.4. The zero-order chi connectivity index (χ0) is 21.4. The Morgan fingerprint density at radius 3 is 2.34 bits per heavy atom. The van der Waals surface area contributed by atoms with E-state index in [-0.39, 0.29) is 29.1 Å². The minimum Gasteiger partial charge on any atom is -0.460 e. The van der Waals surface area contributed by atoms with Gasteiger partial charge in [0, 0.05) is 17.9 Å². The standard InChI is InChI=1S/C22H37BN2O4/c1-20(2,3)27-19(26)16-10-8-9-11-18(13-12-16)25-15-17(14-24-25)23-28-21(4,5)22(6,7)29-23/h14-16,18H,8-13H2,1-7H3. The quantitative estimate of drug-likeness (QED) is 0.562. The van der Waals surface area contributed by atoms with Crippen molar-refractivity contribution in [2.45, 2.75) is 110 Å². The molecule has 0 radical (unpaired) electrons. The van der Waals surface area contributed by atoms with Crippen molar-refractivity contribution in [3.8, 4) is 0 Å². The van der Waals surface area contributed by atoms with Crippen LogP contribution < -0.4 is 5.46 Å². The van der Waals surface area contributed by atoms with E-state index in [2.05, 4.69) is 39.0 Å². The molecule has 2 unspecified atom stereocenters. The van der Waals surface area contributed by atoms with Crippen molar-refractivity contribution in [2.24, 2.45) is 5.92 Å². The van der Waals surface area contributed by atoms with E-state index in [4.69, 9.17) is 14.0 Å². The van der Waals surface area contributed by atoms with E-state index in [0.717, 1.165) is 44.0 Å². The number of carbonyl (C=O) groups excluding carboxylic acids is 1. The molecular formula is C22H37BN2O4. The molecule has 0 bridgehead atoms. The highest BCUT2D eigenvalue weighted by Gasteiger charge is 2.52. The molecule has 0 spiro atoms. The molecule has 29 heavy (non-hydrogen) atoms. The summed E-state index contributed by atoms with van der Waals surface area (Å²) in [4.78, 5) is 12.5. The van der Waals surface area contributed by atoms with Crippen molar-refractivity contribution in [1.29, 1.82) is 0 Å². The van der Waals surface area contributed by atoms with Gasteiger partial charge in [-0.1, -0.05) is 12.8 Å². The molecule has 1 saturated heterocycles. The molecule has 1 aromatic heterocycles. The summed E-state index contributed by atoms with van der Waals surface area (Å²) in [6.45, 7) is 14.0. The number of nitrogens with zero attached hydrogens (tertiary/aromatic N) is 2. The maximum atomic E-state index is 12.5. The molecule has 6 nitrogen and oxygen atoms in total. The molecule has 7 heteroatoms. The fraction of sp³-hybridized carbons (Fsp3) is 0.818. The number of ether oxygens (including phenoxy) is 1. The second-order valence-electron chi connectivity index (χ2n) is 10.6. The van der Waals surface area contributed by atoms with E-state index < -0.39 is 12.7 Å². The lowest BCUT2D eigenvalue weighted by Gasteiger charge is -2.32. The van der Waals surface area contributed by atoms with E-state index in [9.17, 15) is 4.79 Å². The molecule has 1 saturated carbocycles. The van der Waals surface area contributed by atoms with Gasteiger partial charge >= 0.3 is 13.1 Å². The first-order valence-electron chi connectivity index (χ1n) is 11.0. The summed E-state index contributed by atoms with van der Waals surface area (Å²) in [6, 6.07) is 0.288. The first-order valence-corrected chi connectivity index (χ1v) is 11.0. The number of aromatic nitrogens is 2. The van der Waals surface area contributed by atoms with Crippen LogP contribution in [-0.2, 0) is 18.8 Å². The summed E-state index contributed by atoms with van der Waals surface area (Å²) < 4.78 is 20.0. The highest BCUT2D eigenvalue weighted by molar-refractivity contribution is 6.62. The molecular weight excluding hydrogens is 367 g/mol. The van der Waals surface area contributed by atoms with Gasteiger partial charge in [0.05, 0.1) is 23.2 Å². The third kappa shape index (κ3) is 5.24. The van der Waals surface area contributed by atoms with E-state index in [0.29, 0.717) is 0 Å². The molecule has 3 rings (SSSR count). The molecule has 2 aliphatic rings. The summed E-state index contributed by atoms with van der Waals surface area (Å²) in [5, 5.41) is 4.62. The molecule has 0 aromatic carbocycles. The minimum atomic E-state index is -0.432. The molecule has 1 aromatic rings. The van der Waals surface area contributed by atoms with Crippen LogP contribution in [0.1, 0.15) is 93.0 Å². The van der Waals surface area contributed by atoms with Crippen molar-refractivity contribution in [1.82, 2.24) is 9.78 Å². The Bertz CT molecular complexity index is 707. The van der Waals surface area contributed by atoms with Crippen molar-refractivity contribution in [3.63, 3.8) is 0 Å². The molecule has 2 atom stereocenters. The normalized spacial score (nSPS) is 27.3. The lowest BCUT2D eigenvalue weighted by atomic mass is 9.82. The van der Waals surface area contributed by atoms with Gasteiger partial charge in [0.25, 0.3) is 0 Å². The Morgan fingerprint density at radius 2 is 1.72 bits per heavy atom. The Kier molecular flexibility index (Phi) is 6.22. The van der Waals surface area contributed by atoms with Crippen LogP contribution in [0, 0.1) is 5.92 Å². The summed E-state index contributed by atoms with van der Waals surface area (Å²) in [6.07, 6.45) is 9.80. The largest absolute Gasteiger partial charge is 0.498 e. The van der Waals surface area contributed by atoms with Gasteiger partial charge in [0.1, 0.15) is 5.60 Å². The van der Waals surface area contributed by atoms with Gasteiger partial charge in [0.2, 0.25) is 0 Å². The van der Waals surface area contributed by atoms with Crippen molar-refractivity contribution >= 4 is 18.6 Å². The molecule has 0 amide bonds. The topological polar surface area (TPSA) is 62.6 Å². The van der Waals surface area contributed by atoms with Crippen LogP contribution in [0.2, 0.25) is 0 Å². The van der Waals surface area contributed by atoms with Crippen LogP contribution in [0.15, 0.2) is 12.4 Å². The number of carbonyl (C=O) groups is 1. The van der Waals surface area contributed by atoms with Crippen LogP contribution in [0.5, 0.6) is 0 Å². The third-order valence-corrected chi connectivity index (χ3v) is 6.45. The van der Waals surface area contributed by atoms with Gasteiger partial charge in [-0.05, 0) is 74.1 Å². The van der Waals surface area contributed by atoms with Crippen LogP contribution in [0.25, 0.3) is 0 Å². The smallest absolute Gasteiger partial charge is 0.460 e. The van der Waals surface area contributed by atoms with Gasteiger partial charge in [-0.15, -0.1) is 0 Å². The molecule has 2 heterocycles. The Morgan fingerprint density at radius 1 is 1.10 bits per heavy atom. The maximum absolute atomic E-state index is 12.5. The summed E-state index contributed by atoms with van der Waals surface area (Å²) in [5.74, 6) is -0.0772. The number of hydrogen-bond acceptors (Lipinski definition) is 5. The molecule has 162 valence electrons. The van der Waals surface area contributed by atoms with Gasteiger partial charge in [-0.2, -0.15) is 5.10 Å². The molecule has 2 fully saturated rings. The molecule has 1 aliphatic heterocycles. The third-order valence-electron chi connectivity index (χ3n) is 6.45. The fourth-order valence-corrected chi connectivity index (χ4v) is 3.99. The fourth-order valence-electron chi connectivity index (χ4n) is 3.99. The zero-order valence-corrected chi connectivity index (χ0v) is 19.2. The highest BCUT2D eigenvalue weighted by atomic mass is 16.7. The van der Waals surface area contributed by atoms with Crippen LogP contribution in [-0.4, -0.2) is 39.7 Å². The first kappa shape index (κ1) is 22.4. The second-order valence-corrected chi connectivity index (χ2v) is 10.6. The van der Waals surface area contributed by atoms with Gasteiger partial charge < -0.3 is 14.0 Å². The van der Waals surface area contributed by atoms with Crippen LogP contribution >= 0.6 is 0 Å². The number of hydrogen-bond donors (Lipinski definition) is 0. The average Bonchev–Trinajstić information content (AvgIpc) is 3.08. The van der Waals surface area contributed by atoms with Gasteiger partial charge in [-0.25, -0.2) is 0 Å². The average molecular weight is 404 g/mol. The lowest BCUT2D eigenvalue weighted by Crippen LogP contribution is -2.41. The summed E-state index contributed by atoms with van der Waals surface area (Å²) in [5.41, 5.74) is -0.200. The Labute approximate surface area is 175 Å². The predicted molar refractivity (Wildman–Crippen MR) is 114 cm³/mol. The monoisotopic (exact) mass is 404 g/mol. The van der Waals surface area contributed by atoms with E-state index >= 15 is 0 Å². The highest BCUT2D eigenvalue weighted by Crippen LogP contribution is 2.36. The lowest BCUT2D eigenvalue weighted by molar-refractivity contribution is -0.160. The van der Waals surface area contributed by atoms with Crippen LogP contribution in [0.4, 0.5) is 0 Å². The molecule has 1 aliphatic carbocycles. The number of esters is 1. The Hall–Kier alpha value is -1.34. The SMILES string of the molecule is CC(C)(C)OC(=O)C1CCCCC(n2cc(B3OC(C)(C)C(C)(C)O3)cn2)CC1. The van der Waals surface area contributed by atoms with E-state index in [1.165, 1.54) is 0 Å². The van der Waals surface area contributed by atoms with Crippen molar-refractivity contribution < 1.29 is 18.8 Å². The van der Waals surface area contributed by atoms with E-state index in [1.54, 1.807) is 0 Å². The zero-order valence-electron chi connectivity index (χ0n) is 19.2. The van der Waals surface area contributed by atoms with Crippen molar-refractivity contribution in [3.05, 3.63) is 12.4 Å². The summed E-state index contributed by atoms with van der Waals surface area (Å²) in [7, 11) is -0.392. The maximum Gasteiger partial charge on any atom is 0.498 e. The Balaban J connectivity index is 1.65. The van der Waals surface area contributed by atoms with Crippen LogP contribution in [0.3, 0.4) is 0 Å². The number of rotatable bonds is 3. The second kappa shape index (κ2) is 8.07. The van der Waals surface area contributed by atoms with Gasteiger partial charge in [-0.3, -0.25) is 9.48 Å². The van der Waals surface area contributed by atoms with Crippen molar-refractivity contribution in [2.75, 3.05) is 0 Å². The summed E-state index contributed by atoms with van der Waals surface area (Å²) >= 11 is 0. The molecule has 0 N–H and O–H groups in total. The van der Waals surface area contributed by atoms with E-state index in [1.807, 2.05) is 31.6 Å². The predicted octanol–water partition coefficient (Wildman–Crippen LogP) is 4.04. The van der Waals surface area contributed by atoms with Gasteiger partial charge in [0.15, 0.2) is 0 Å². The minimum absolute atomic E-state index is 0.0184.